The average molecular weight is 1010 g/mol. The van der Waals surface area contributed by atoms with Crippen molar-refractivity contribution < 1.29 is 33.0 Å². The maximum atomic E-state index is 17.0. The SMILES string of the molecule is C#Cc1c(F)ccc2cc(O)cc(-c3ncc4c(N5CC6CCC(C5)N6)nc(OCC5CCN(CCCCC6CCC7(CC6)CCN(C(=O)c6ccc(Cl)c(N8CCC(=O)NC8=O)c6)CC7)CC5)nc4c3F)c12. The van der Waals surface area contributed by atoms with Crippen LogP contribution in [0.3, 0.4) is 0 Å². The van der Waals surface area contributed by atoms with Crippen LogP contribution in [0.1, 0.15) is 106 Å². The Morgan fingerprint density at radius 1 is 0.904 bits per heavy atom. The molecule has 4 amide bonds. The number of ether oxygens (including phenoxy) is 1. The highest BCUT2D eigenvalue weighted by Gasteiger charge is 2.40. The molecule has 382 valence electrons. The van der Waals surface area contributed by atoms with Gasteiger partial charge in [-0.3, -0.25) is 24.8 Å². The van der Waals surface area contributed by atoms with Crippen molar-refractivity contribution in [3.8, 4) is 35.4 Å². The van der Waals surface area contributed by atoms with Gasteiger partial charge in [-0.2, -0.15) is 9.97 Å². The molecule has 5 saturated heterocycles. The third-order valence-electron chi connectivity index (χ3n) is 16.9. The number of piperazine rings is 1. The predicted octanol–water partition coefficient (Wildman–Crippen LogP) is 9.22. The van der Waals surface area contributed by atoms with Crippen molar-refractivity contribution in [2.24, 2.45) is 17.3 Å². The van der Waals surface area contributed by atoms with Gasteiger partial charge in [-0.05, 0) is 149 Å². The number of aromatic nitrogens is 3. The molecule has 2 unspecified atom stereocenters. The quantitative estimate of drug-likeness (QED) is 0.0809. The molecule has 17 heteroatoms. The van der Waals surface area contributed by atoms with Crippen LogP contribution in [0.5, 0.6) is 11.8 Å². The molecule has 6 fully saturated rings. The number of hydrogen-bond donors (Lipinski definition) is 3. The van der Waals surface area contributed by atoms with Crippen LogP contribution in [-0.2, 0) is 4.79 Å². The molecule has 2 atom stereocenters. The van der Waals surface area contributed by atoms with Gasteiger partial charge in [0.2, 0.25) is 5.91 Å². The number of likely N-dealkylation sites (tertiary alicyclic amines) is 2. The lowest BCUT2D eigenvalue weighted by atomic mass is 9.65. The topological polar surface area (TPSA) is 156 Å². The summed E-state index contributed by atoms with van der Waals surface area (Å²) in [5, 5.41) is 18.2. The second-order valence-corrected chi connectivity index (χ2v) is 21.9. The van der Waals surface area contributed by atoms with Gasteiger partial charge in [0, 0.05) is 73.9 Å². The van der Waals surface area contributed by atoms with Crippen LogP contribution in [-0.4, -0.2) is 119 Å². The summed E-state index contributed by atoms with van der Waals surface area (Å²) in [5.41, 5.74) is 1.32. The highest BCUT2D eigenvalue weighted by atomic mass is 35.5. The van der Waals surface area contributed by atoms with Gasteiger partial charge >= 0.3 is 12.0 Å². The Morgan fingerprint density at radius 3 is 2.41 bits per heavy atom. The molecular weight excluding hydrogens is 952 g/mol. The van der Waals surface area contributed by atoms with Crippen molar-refractivity contribution in [3.63, 3.8) is 0 Å². The number of rotatable bonds is 12. The number of halogens is 3. The number of carbonyl (C=O) groups is 3. The molecule has 14 nitrogen and oxygen atoms in total. The van der Waals surface area contributed by atoms with Gasteiger partial charge < -0.3 is 29.9 Å². The van der Waals surface area contributed by atoms with E-state index in [1.807, 2.05) is 4.90 Å². The first-order valence-electron chi connectivity index (χ1n) is 26.3. The normalized spacial score (nSPS) is 21.8. The van der Waals surface area contributed by atoms with E-state index < -0.39 is 17.7 Å². The summed E-state index contributed by atoms with van der Waals surface area (Å²) in [7, 11) is 0. The van der Waals surface area contributed by atoms with Gasteiger partial charge in [0.25, 0.3) is 5.91 Å². The molecule has 6 aliphatic rings. The Hall–Kier alpha value is -6.15. The minimum Gasteiger partial charge on any atom is -0.508 e. The Balaban J connectivity index is 0.657. The zero-order chi connectivity index (χ0) is 50.4. The van der Waals surface area contributed by atoms with E-state index in [0.29, 0.717) is 76.0 Å². The number of phenolic OH excluding ortho intramolecular Hbond substituents is 1. The number of nitrogens with one attached hydrogen (secondary N) is 2. The third-order valence-corrected chi connectivity index (χ3v) is 17.2. The summed E-state index contributed by atoms with van der Waals surface area (Å²) >= 11 is 6.45. The molecule has 5 aromatic rings. The number of phenols is 1. The lowest BCUT2D eigenvalue weighted by molar-refractivity contribution is -0.120. The maximum absolute atomic E-state index is 17.0. The minimum atomic E-state index is -0.726. The second-order valence-electron chi connectivity index (χ2n) is 21.5. The Labute approximate surface area is 429 Å². The highest BCUT2D eigenvalue weighted by Crippen LogP contribution is 2.48. The lowest BCUT2D eigenvalue weighted by Crippen LogP contribution is -2.51. The van der Waals surface area contributed by atoms with Crippen molar-refractivity contribution in [1.29, 1.82) is 0 Å². The fourth-order valence-corrected chi connectivity index (χ4v) is 12.9. The smallest absolute Gasteiger partial charge is 0.328 e. The predicted molar refractivity (Wildman–Crippen MR) is 277 cm³/mol. The first-order valence-corrected chi connectivity index (χ1v) is 26.6. The standard InChI is InChI=1S/C56H62ClF2N9O5/c1-2-41-45(58)11-7-36-27-40(69)29-42(48(36)41)50-49(59)51-43(30-60-50)52(67-31-38-8-9-39(32-67)61-38)64-54(63-51)73-33-35-14-22-65(23-15-35)21-4-3-5-34-12-17-56(18-13-34)19-25-66(26-20-56)53(71)37-6-10-44(57)46(28-37)68-24-16-47(70)62-55(68)72/h1,6-7,10-11,27-30,34-35,38-39,61,69H,3-5,8-9,12-26,31-33H2,(H,62,70,72). The van der Waals surface area contributed by atoms with Crippen molar-refractivity contribution >= 4 is 62.6 Å². The fourth-order valence-electron chi connectivity index (χ4n) is 12.7. The fraction of sp³-hybridized carbons (Fsp3) is 0.500. The summed E-state index contributed by atoms with van der Waals surface area (Å²) in [5.74, 6) is 2.18. The molecule has 73 heavy (non-hydrogen) atoms. The van der Waals surface area contributed by atoms with Crippen molar-refractivity contribution in [2.75, 3.05) is 68.8 Å². The number of nitrogens with zero attached hydrogens (tertiary/aromatic N) is 7. The molecular formula is C56H62ClF2N9O5. The number of imide groups is 1. The molecule has 2 bridgehead atoms. The number of fused-ring (bicyclic) bond motifs is 4. The molecule has 11 rings (SSSR count). The van der Waals surface area contributed by atoms with Crippen molar-refractivity contribution in [2.45, 2.75) is 102 Å². The Bertz CT molecular complexity index is 2990. The zero-order valence-corrected chi connectivity index (χ0v) is 41.9. The van der Waals surface area contributed by atoms with Gasteiger partial charge in [0.1, 0.15) is 28.6 Å². The highest BCUT2D eigenvalue weighted by molar-refractivity contribution is 6.34. The number of carbonyl (C=O) groups excluding carboxylic acids is 3. The minimum absolute atomic E-state index is 0.0363. The number of benzene rings is 3. The molecule has 1 spiro atoms. The van der Waals surface area contributed by atoms with E-state index in [1.54, 1.807) is 24.4 Å². The average Bonchev–Trinajstić information content (AvgIpc) is 3.74. The van der Waals surface area contributed by atoms with Gasteiger partial charge in [-0.15, -0.1) is 6.42 Å². The summed E-state index contributed by atoms with van der Waals surface area (Å²) in [4.78, 5) is 60.1. The molecule has 0 radical (unpaired) electrons. The van der Waals surface area contributed by atoms with Crippen LogP contribution in [0.4, 0.5) is 25.1 Å². The van der Waals surface area contributed by atoms with Gasteiger partial charge in [0.15, 0.2) is 5.82 Å². The van der Waals surface area contributed by atoms with E-state index in [0.717, 1.165) is 77.2 Å². The summed E-state index contributed by atoms with van der Waals surface area (Å²) in [6.07, 6.45) is 22.2. The van der Waals surface area contributed by atoms with Crippen molar-refractivity contribution in [1.82, 2.24) is 35.4 Å². The first-order chi connectivity index (χ1) is 35.4. The monoisotopic (exact) mass is 1010 g/mol. The number of aromatic hydroxyl groups is 1. The molecule has 2 aromatic heterocycles. The van der Waals surface area contributed by atoms with E-state index >= 15 is 8.78 Å². The van der Waals surface area contributed by atoms with E-state index in [-0.39, 0.29) is 64.3 Å². The second kappa shape index (κ2) is 20.6. The van der Waals surface area contributed by atoms with Crippen LogP contribution in [0.15, 0.2) is 48.7 Å². The molecule has 5 aliphatic heterocycles. The van der Waals surface area contributed by atoms with Crippen LogP contribution in [0.2, 0.25) is 5.02 Å². The van der Waals surface area contributed by atoms with Gasteiger partial charge in [0.05, 0.1) is 28.3 Å². The van der Waals surface area contributed by atoms with E-state index in [4.69, 9.17) is 27.7 Å². The lowest BCUT2D eigenvalue weighted by Gasteiger charge is -2.46. The molecule has 3 aromatic carbocycles. The molecule has 3 N–H and O–H groups in total. The molecule has 7 heterocycles. The van der Waals surface area contributed by atoms with Crippen LogP contribution >= 0.6 is 11.6 Å². The third kappa shape index (κ3) is 10.1. The van der Waals surface area contributed by atoms with E-state index in [9.17, 15) is 19.5 Å². The number of pyridine rings is 1. The van der Waals surface area contributed by atoms with E-state index in [1.165, 1.54) is 74.1 Å². The largest absolute Gasteiger partial charge is 0.508 e. The van der Waals surface area contributed by atoms with Gasteiger partial charge in [-0.1, -0.05) is 36.4 Å². The van der Waals surface area contributed by atoms with Gasteiger partial charge in [-0.25, -0.2) is 13.6 Å². The maximum Gasteiger partial charge on any atom is 0.328 e. The molecule has 1 aliphatic carbocycles. The number of terminal acetylenes is 1. The zero-order valence-electron chi connectivity index (χ0n) is 41.1. The van der Waals surface area contributed by atoms with Crippen molar-refractivity contribution in [3.05, 3.63) is 76.4 Å². The van der Waals surface area contributed by atoms with E-state index in [2.05, 4.69) is 36.3 Å². The summed E-state index contributed by atoms with van der Waals surface area (Å²) in [6, 6.07) is 10.8. The number of hydrogen-bond acceptors (Lipinski definition) is 11. The summed E-state index contributed by atoms with van der Waals surface area (Å²) < 4.78 is 38.4. The molecule has 1 saturated carbocycles. The number of anilines is 2. The number of piperidine rings is 2. The summed E-state index contributed by atoms with van der Waals surface area (Å²) in [6.45, 7) is 6.56. The van der Waals surface area contributed by atoms with Crippen LogP contribution in [0, 0.1) is 41.2 Å². The Kier molecular flexibility index (Phi) is 13.9. The number of amides is 4. The Morgan fingerprint density at radius 2 is 1.67 bits per heavy atom. The number of unbranched alkanes of at least 4 members (excludes halogenated alkanes) is 1. The number of urea groups is 1. The van der Waals surface area contributed by atoms with Crippen LogP contribution < -0.4 is 25.2 Å². The van der Waals surface area contributed by atoms with Crippen LogP contribution in [0.25, 0.3) is 32.9 Å². The first kappa shape index (κ1) is 49.1.